The van der Waals surface area contributed by atoms with E-state index in [9.17, 15) is 14.4 Å². The van der Waals surface area contributed by atoms with Gasteiger partial charge in [-0.3, -0.25) is 14.4 Å². The fourth-order valence-corrected chi connectivity index (χ4v) is 3.45. The number of rotatable bonds is 6. The average molecular weight is 400 g/mol. The third-order valence-electron chi connectivity index (χ3n) is 4.88. The van der Waals surface area contributed by atoms with Crippen molar-refractivity contribution < 1.29 is 14.4 Å². The molecule has 2 heterocycles. The second-order valence-electron chi connectivity index (χ2n) is 6.96. The number of nitrogens with zero attached hydrogens (tertiary/aromatic N) is 4. The minimum Gasteiger partial charge on any atom is -0.334 e. The van der Waals surface area contributed by atoms with Crippen molar-refractivity contribution in [3.8, 4) is 0 Å². The lowest BCUT2D eigenvalue weighted by molar-refractivity contribution is 0.0743. The Morgan fingerprint density at radius 2 is 1.50 bits per heavy atom. The van der Waals surface area contributed by atoms with E-state index in [0.717, 1.165) is 16.9 Å². The quantitative estimate of drug-likeness (QED) is 0.593. The smallest absolute Gasteiger partial charge is 0.286 e. The van der Waals surface area contributed by atoms with Crippen LogP contribution in [0, 0.1) is 0 Å². The predicted octanol–water partition coefficient (Wildman–Crippen LogP) is 3.33. The van der Waals surface area contributed by atoms with E-state index in [2.05, 4.69) is 9.97 Å². The highest BCUT2D eigenvalue weighted by molar-refractivity contribution is 6.33. The van der Waals surface area contributed by atoms with Gasteiger partial charge in [0.25, 0.3) is 17.7 Å². The van der Waals surface area contributed by atoms with Gasteiger partial charge in [0.15, 0.2) is 11.4 Å². The molecule has 3 aromatic rings. The summed E-state index contributed by atoms with van der Waals surface area (Å²) in [5.74, 6) is -1.13. The molecule has 0 spiro atoms. The van der Waals surface area contributed by atoms with Gasteiger partial charge in [-0.1, -0.05) is 37.3 Å². The van der Waals surface area contributed by atoms with Crippen LogP contribution in [0.15, 0.2) is 67.0 Å². The van der Waals surface area contributed by atoms with Crippen LogP contribution in [0.4, 0.5) is 5.69 Å². The summed E-state index contributed by atoms with van der Waals surface area (Å²) in [6.45, 7) is 3.18. The molecule has 0 N–H and O–H groups in total. The second kappa shape index (κ2) is 8.24. The van der Waals surface area contributed by atoms with Gasteiger partial charge in [0.1, 0.15) is 0 Å². The average Bonchev–Trinajstić information content (AvgIpc) is 3.04. The Hall–Kier alpha value is -3.87. The summed E-state index contributed by atoms with van der Waals surface area (Å²) in [6.07, 6.45) is 3.60. The molecule has 0 atom stereocenters. The molecule has 2 aromatic carbocycles. The standard InChI is InChI=1S/C23H20N4O3/c1-2-14-26(15-16-6-4-3-5-7-16)21(28)17-8-10-18(11-9-17)27-22(29)19-20(23(27)30)25-13-12-24-19/h3-13H,2,14-15H2,1H3. The summed E-state index contributed by atoms with van der Waals surface area (Å²) in [6, 6.07) is 16.3. The first-order chi connectivity index (χ1) is 14.6. The van der Waals surface area contributed by atoms with E-state index in [1.54, 1.807) is 29.2 Å². The fraction of sp³-hybridized carbons (Fsp3) is 0.174. The lowest BCUT2D eigenvalue weighted by Gasteiger charge is -2.23. The molecule has 1 aliphatic rings. The van der Waals surface area contributed by atoms with E-state index in [-0.39, 0.29) is 17.3 Å². The number of hydrogen-bond acceptors (Lipinski definition) is 5. The zero-order valence-corrected chi connectivity index (χ0v) is 16.5. The molecule has 7 nitrogen and oxygen atoms in total. The second-order valence-corrected chi connectivity index (χ2v) is 6.96. The van der Waals surface area contributed by atoms with Crippen LogP contribution in [0.25, 0.3) is 0 Å². The van der Waals surface area contributed by atoms with Crippen molar-refractivity contribution in [3.05, 3.63) is 89.5 Å². The number of imide groups is 1. The van der Waals surface area contributed by atoms with E-state index in [4.69, 9.17) is 0 Å². The lowest BCUT2D eigenvalue weighted by Crippen LogP contribution is -2.32. The van der Waals surface area contributed by atoms with Gasteiger partial charge in [0.2, 0.25) is 0 Å². The van der Waals surface area contributed by atoms with Crippen LogP contribution in [0.2, 0.25) is 0 Å². The zero-order valence-electron chi connectivity index (χ0n) is 16.5. The molecular formula is C23H20N4O3. The third-order valence-corrected chi connectivity index (χ3v) is 4.88. The summed E-state index contributed by atoms with van der Waals surface area (Å²) in [5.41, 5.74) is 2.02. The summed E-state index contributed by atoms with van der Waals surface area (Å²) in [5, 5.41) is 0. The van der Waals surface area contributed by atoms with Crippen molar-refractivity contribution in [2.24, 2.45) is 0 Å². The van der Waals surface area contributed by atoms with Crippen molar-refractivity contribution in [2.45, 2.75) is 19.9 Å². The van der Waals surface area contributed by atoms with Gasteiger partial charge in [-0.2, -0.15) is 0 Å². The van der Waals surface area contributed by atoms with Crippen molar-refractivity contribution in [2.75, 3.05) is 11.4 Å². The molecule has 0 saturated carbocycles. The Bertz CT molecular complexity index is 1060. The number of hydrogen-bond donors (Lipinski definition) is 0. The molecular weight excluding hydrogens is 380 g/mol. The number of fused-ring (bicyclic) bond motifs is 1. The zero-order chi connectivity index (χ0) is 21.1. The first-order valence-corrected chi connectivity index (χ1v) is 9.73. The minimum absolute atomic E-state index is 0.0413. The van der Waals surface area contributed by atoms with Crippen LogP contribution in [0.1, 0.15) is 50.2 Å². The Morgan fingerprint density at radius 3 is 2.07 bits per heavy atom. The topological polar surface area (TPSA) is 83.5 Å². The number of anilines is 1. The SMILES string of the molecule is CCCN(Cc1ccccc1)C(=O)c1ccc(N2C(=O)c3nccnc3C2=O)cc1. The van der Waals surface area contributed by atoms with Crippen molar-refractivity contribution in [3.63, 3.8) is 0 Å². The Kier molecular flexibility index (Phi) is 5.34. The van der Waals surface area contributed by atoms with Crippen molar-refractivity contribution in [1.29, 1.82) is 0 Å². The van der Waals surface area contributed by atoms with E-state index in [1.807, 2.05) is 37.3 Å². The van der Waals surface area contributed by atoms with Crippen LogP contribution in [0.5, 0.6) is 0 Å². The highest BCUT2D eigenvalue weighted by Gasteiger charge is 2.39. The van der Waals surface area contributed by atoms with Crippen LogP contribution >= 0.6 is 0 Å². The summed E-state index contributed by atoms with van der Waals surface area (Å²) >= 11 is 0. The maximum absolute atomic E-state index is 13.0. The van der Waals surface area contributed by atoms with Crippen LogP contribution in [-0.2, 0) is 6.54 Å². The van der Waals surface area contributed by atoms with E-state index >= 15 is 0 Å². The first kappa shape index (κ1) is 19.4. The number of benzene rings is 2. The maximum Gasteiger partial charge on any atom is 0.286 e. The molecule has 150 valence electrons. The normalized spacial score (nSPS) is 12.8. The van der Waals surface area contributed by atoms with Crippen molar-refractivity contribution >= 4 is 23.4 Å². The molecule has 30 heavy (non-hydrogen) atoms. The van der Waals surface area contributed by atoms with E-state index < -0.39 is 11.8 Å². The van der Waals surface area contributed by atoms with Gasteiger partial charge in [0.05, 0.1) is 5.69 Å². The molecule has 0 fully saturated rings. The van der Waals surface area contributed by atoms with Gasteiger partial charge in [-0.25, -0.2) is 14.9 Å². The molecule has 0 bridgehead atoms. The van der Waals surface area contributed by atoms with Gasteiger partial charge in [0, 0.05) is 31.0 Å². The lowest BCUT2D eigenvalue weighted by atomic mass is 10.1. The van der Waals surface area contributed by atoms with E-state index in [0.29, 0.717) is 24.3 Å². The summed E-state index contributed by atoms with van der Waals surface area (Å²) in [4.78, 5) is 48.9. The molecule has 3 amide bonds. The number of aromatic nitrogens is 2. The number of amides is 3. The third kappa shape index (κ3) is 3.57. The Balaban J connectivity index is 1.55. The molecule has 0 unspecified atom stereocenters. The van der Waals surface area contributed by atoms with Crippen LogP contribution < -0.4 is 4.90 Å². The van der Waals surface area contributed by atoms with E-state index in [1.165, 1.54) is 12.4 Å². The van der Waals surface area contributed by atoms with Gasteiger partial charge in [-0.05, 0) is 36.2 Å². The molecule has 4 rings (SSSR count). The minimum atomic E-state index is -0.515. The van der Waals surface area contributed by atoms with Gasteiger partial charge < -0.3 is 4.90 Å². The molecule has 1 aromatic heterocycles. The first-order valence-electron chi connectivity index (χ1n) is 9.73. The summed E-state index contributed by atoms with van der Waals surface area (Å²) < 4.78 is 0. The maximum atomic E-state index is 13.0. The molecule has 0 radical (unpaired) electrons. The molecule has 0 saturated heterocycles. The van der Waals surface area contributed by atoms with Gasteiger partial charge >= 0.3 is 0 Å². The predicted molar refractivity (Wildman–Crippen MR) is 111 cm³/mol. The van der Waals surface area contributed by atoms with Gasteiger partial charge in [-0.15, -0.1) is 0 Å². The molecule has 0 aliphatic carbocycles. The number of carbonyl (C=O) groups is 3. The highest BCUT2D eigenvalue weighted by atomic mass is 16.2. The number of carbonyl (C=O) groups excluding carboxylic acids is 3. The Morgan fingerprint density at radius 1 is 0.900 bits per heavy atom. The largest absolute Gasteiger partial charge is 0.334 e. The van der Waals surface area contributed by atoms with Crippen LogP contribution in [0.3, 0.4) is 0 Å². The Labute approximate surface area is 174 Å². The molecule has 1 aliphatic heterocycles. The molecule has 7 heteroatoms. The summed E-state index contributed by atoms with van der Waals surface area (Å²) in [7, 11) is 0. The fourth-order valence-electron chi connectivity index (χ4n) is 3.45. The highest BCUT2D eigenvalue weighted by Crippen LogP contribution is 2.26. The van der Waals surface area contributed by atoms with Crippen molar-refractivity contribution in [1.82, 2.24) is 14.9 Å². The monoisotopic (exact) mass is 400 g/mol. The van der Waals surface area contributed by atoms with Crippen LogP contribution in [-0.4, -0.2) is 39.1 Å².